The summed E-state index contributed by atoms with van der Waals surface area (Å²) in [4.78, 5) is 27.7. The van der Waals surface area contributed by atoms with Crippen LogP contribution in [0.3, 0.4) is 0 Å². The Morgan fingerprint density at radius 2 is 1.56 bits per heavy atom. The number of nitrogens with zero attached hydrogens (tertiary/aromatic N) is 2. The monoisotopic (exact) mass is 551 g/mol. The molecule has 0 aliphatic heterocycles. The van der Waals surface area contributed by atoms with Gasteiger partial charge in [0.05, 0.1) is 22.5 Å². The van der Waals surface area contributed by atoms with E-state index in [2.05, 4.69) is 5.32 Å². The van der Waals surface area contributed by atoms with Crippen molar-refractivity contribution in [2.75, 3.05) is 36.3 Å². The molecule has 0 spiro atoms. The lowest BCUT2D eigenvalue weighted by molar-refractivity contribution is 0.0697. The Balaban J connectivity index is 2.02. The molecule has 0 bridgehead atoms. The van der Waals surface area contributed by atoms with Gasteiger partial charge in [0.15, 0.2) is 11.6 Å². The fourth-order valence-corrected chi connectivity index (χ4v) is 3.91. The van der Waals surface area contributed by atoms with Crippen molar-refractivity contribution in [2.24, 2.45) is 0 Å². The molecule has 0 aromatic heterocycles. The van der Waals surface area contributed by atoms with Gasteiger partial charge >= 0.3 is 5.97 Å². The van der Waals surface area contributed by atoms with E-state index in [9.17, 15) is 19.1 Å². The average Bonchev–Trinajstić information content (AvgIpc) is 2.75. The van der Waals surface area contributed by atoms with Crippen LogP contribution < -0.4 is 15.1 Å². The third kappa shape index (κ3) is 4.67. The molecule has 0 fully saturated rings. The van der Waals surface area contributed by atoms with E-state index < -0.39 is 40.3 Å². The number of halogens is 3. The molecule has 0 saturated heterocycles. The first-order chi connectivity index (χ1) is 15.1. The van der Waals surface area contributed by atoms with E-state index in [4.69, 9.17) is 0 Å². The van der Waals surface area contributed by atoms with Crippen molar-refractivity contribution in [3.05, 3.63) is 80.9 Å². The third-order valence-corrected chi connectivity index (χ3v) is 5.76. The molecule has 32 heavy (non-hydrogen) atoms. The van der Waals surface area contributed by atoms with Gasteiger partial charge in [-0.05, 0) is 65.1 Å². The van der Waals surface area contributed by atoms with Crippen molar-refractivity contribution in [2.45, 2.75) is 0 Å². The van der Waals surface area contributed by atoms with E-state index in [1.807, 2.05) is 41.6 Å². The van der Waals surface area contributed by atoms with Gasteiger partial charge in [0, 0.05) is 36.1 Å². The largest absolute Gasteiger partial charge is 0.478 e. The van der Waals surface area contributed by atoms with Crippen molar-refractivity contribution in [1.82, 2.24) is 0 Å². The average molecular weight is 551 g/mol. The van der Waals surface area contributed by atoms with Crippen LogP contribution in [0.15, 0.2) is 54.6 Å². The molecular weight excluding hydrogens is 531 g/mol. The van der Waals surface area contributed by atoms with Crippen LogP contribution in [0.1, 0.15) is 20.7 Å². The van der Waals surface area contributed by atoms with Crippen molar-refractivity contribution in [1.29, 1.82) is 0 Å². The minimum atomic E-state index is -1.49. The van der Waals surface area contributed by atoms with Crippen LogP contribution in [0, 0.1) is 15.2 Å². The predicted molar refractivity (Wildman–Crippen MR) is 129 cm³/mol. The zero-order chi connectivity index (χ0) is 23.6. The van der Waals surface area contributed by atoms with Crippen molar-refractivity contribution >= 4 is 57.2 Å². The number of carboxylic acid groups (broad SMARTS) is 1. The van der Waals surface area contributed by atoms with Gasteiger partial charge in [0.2, 0.25) is 0 Å². The summed E-state index contributed by atoms with van der Waals surface area (Å²) < 4.78 is 30.8. The maximum atomic E-state index is 15.1. The van der Waals surface area contributed by atoms with Gasteiger partial charge in [0.1, 0.15) is 0 Å². The number of hydrogen-bond acceptors (Lipinski definition) is 4. The summed E-state index contributed by atoms with van der Waals surface area (Å²) in [6.45, 7) is 0. The molecule has 166 valence electrons. The Kier molecular flexibility index (Phi) is 6.97. The lowest BCUT2D eigenvalue weighted by Crippen LogP contribution is -2.21. The summed E-state index contributed by atoms with van der Waals surface area (Å²) in [6, 6.07) is 14.4. The zero-order valence-corrected chi connectivity index (χ0v) is 19.6. The number of rotatable bonds is 6. The summed E-state index contributed by atoms with van der Waals surface area (Å²) in [5, 5.41) is 12.1. The second-order valence-electron chi connectivity index (χ2n) is 7.16. The van der Waals surface area contributed by atoms with Gasteiger partial charge in [-0.3, -0.25) is 4.79 Å². The Morgan fingerprint density at radius 3 is 2.12 bits per heavy atom. The first-order valence-corrected chi connectivity index (χ1v) is 10.5. The molecule has 2 N–H and O–H groups in total. The van der Waals surface area contributed by atoms with Crippen LogP contribution in [0.25, 0.3) is 0 Å². The molecule has 6 nitrogen and oxygen atoms in total. The first-order valence-electron chi connectivity index (χ1n) is 9.44. The number of anilines is 4. The maximum absolute atomic E-state index is 15.1. The second-order valence-corrected chi connectivity index (χ2v) is 8.32. The SMILES string of the molecule is CN(C)c1ccc(NC(=O)c2cc(C(=O)O)c(N(C)c3ccccc3I)c(F)c2F)cc1. The molecule has 0 saturated carbocycles. The molecule has 0 unspecified atom stereocenters. The Bertz CT molecular complexity index is 1180. The number of amides is 1. The molecule has 0 radical (unpaired) electrons. The van der Waals surface area contributed by atoms with Crippen LogP contribution in [-0.4, -0.2) is 38.1 Å². The standard InChI is InChI=1S/C23H20F2IN3O3/c1-28(2)14-10-8-13(9-11-14)27-22(30)15-12-16(23(31)32)21(20(25)19(15)24)29(3)18-7-5-4-6-17(18)26/h4-12H,1-3H3,(H,27,30)(H,31,32). The van der Waals surface area contributed by atoms with E-state index in [0.29, 0.717) is 14.9 Å². The highest BCUT2D eigenvalue weighted by Gasteiger charge is 2.28. The molecule has 0 aliphatic rings. The van der Waals surface area contributed by atoms with E-state index in [0.717, 1.165) is 11.8 Å². The number of benzene rings is 3. The van der Waals surface area contributed by atoms with Crippen molar-refractivity contribution in [3.8, 4) is 0 Å². The molecule has 1 amide bonds. The lowest BCUT2D eigenvalue weighted by atomic mass is 10.0. The highest BCUT2D eigenvalue weighted by atomic mass is 127. The lowest BCUT2D eigenvalue weighted by Gasteiger charge is -2.24. The minimum absolute atomic E-state index is 0.359. The summed E-state index contributed by atoms with van der Waals surface area (Å²) in [5.74, 6) is -5.28. The van der Waals surface area contributed by atoms with Gasteiger partial charge in [0.25, 0.3) is 5.91 Å². The first kappa shape index (κ1) is 23.5. The minimum Gasteiger partial charge on any atom is -0.478 e. The van der Waals surface area contributed by atoms with Crippen LogP contribution in [0.2, 0.25) is 0 Å². The van der Waals surface area contributed by atoms with Crippen LogP contribution in [0.4, 0.5) is 31.5 Å². The molecule has 3 aromatic carbocycles. The van der Waals surface area contributed by atoms with Gasteiger partial charge in [-0.15, -0.1) is 0 Å². The van der Waals surface area contributed by atoms with Crippen molar-refractivity contribution in [3.63, 3.8) is 0 Å². The topological polar surface area (TPSA) is 72.9 Å². The number of carboxylic acids is 1. The molecule has 0 aliphatic carbocycles. The van der Waals surface area contributed by atoms with Gasteiger partial charge in [-0.1, -0.05) is 12.1 Å². The maximum Gasteiger partial charge on any atom is 0.337 e. The smallest absolute Gasteiger partial charge is 0.337 e. The Morgan fingerprint density at radius 1 is 0.938 bits per heavy atom. The number of nitrogens with one attached hydrogen (secondary N) is 1. The quantitative estimate of drug-likeness (QED) is 0.404. The number of para-hydroxylation sites is 1. The Hall–Kier alpha value is -3.21. The normalized spacial score (nSPS) is 10.6. The third-order valence-electron chi connectivity index (χ3n) is 4.85. The number of aromatic carboxylic acids is 1. The predicted octanol–water partition coefficient (Wildman–Crippen LogP) is 5.35. The summed E-state index contributed by atoms with van der Waals surface area (Å²) in [5.41, 5.74) is 0.0439. The fourth-order valence-electron chi connectivity index (χ4n) is 3.16. The molecule has 0 heterocycles. The number of carbonyl (C=O) groups excluding carboxylic acids is 1. The molecule has 0 atom stereocenters. The summed E-state index contributed by atoms with van der Waals surface area (Å²) >= 11 is 2.02. The molecule has 9 heteroatoms. The van der Waals surface area contributed by atoms with E-state index >= 15 is 4.39 Å². The molecule has 3 aromatic rings. The molecule has 3 rings (SSSR count). The van der Waals surface area contributed by atoms with Gasteiger partial charge in [-0.25, -0.2) is 13.6 Å². The summed E-state index contributed by atoms with van der Waals surface area (Å²) in [7, 11) is 5.15. The van der Waals surface area contributed by atoms with Crippen molar-refractivity contribution < 1.29 is 23.5 Å². The highest BCUT2D eigenvalue weighted by Crippen LogP contribution is 2.35. The van der Waals surface area contributed by atoms with E-state index in [1.54, 1.807) is 48.5 Å². The highest BCUT2D eigenvalue weighted by molar-refractivity contribution is 14.1. The van der Waals surface area contributed by atoms with Crippen LogP contribution >= 0.6 is 22.6 Å². The van der Waals surface area contributed by atoms with Crippen LogP contribution in [0.5, 0.6) is 0 Å². The summed E-state index contributed by atoms with van der Waals surface area (Å²) in [6.07, 6.45) is 0. The number of carbonyl (C=O) groups is 2. The van der Waals surface area contributed by atoms with E-state index in [1.165, 1.54) is 11.9 Å². The molecular formula is C23H20F2IN3O3. The van der Waals surface area contributed by atoms with Crippen LogP contribution in [-0.2, 0) is 0 Å². The van der Waals surface area contributed by atoms with Gasteiger partial charge in [-0.2, -0.15) is 0 Å². The zero-order valence-electron chi connectivity index (χ0n) is 17.5. The number of hydrogen-bond donors (Lipinski definition) is 2. The van der Waals surface area contributed by atoms with Gasteiger partial charge < -0.3 is 20.2 Å². The van der Waals surface area contributed by atoms with E-state index in [-0.39, 0.29) is 0 Å². The second kappa shape index (κ2) is 9.51. The fraction of sp³-hybridized carbons (Fsp3) is 0.130. The Labute approximate surface area is 197 Å².